The zero-order chi connectivity index (χ0) is 18.6. The summed E-state index contributed by atoms with van der Waals surface area (Å²) in [6.45, 7) is 1.72. The minimum Gasteiger partial charge on any atom is -0.468 e. The number of carbonyl (C=O) groups excluding carboxylic acids is 2. The standard InChI is InChI=1S/C20H20N2O3S/c1-20(14-8-4-3-5-9-14,19(24)21-13-18(23)25-2)12-17-22-15-10-6-7-11-16(15)26-17/h3-11H,12-13H2,1-2H3,(H,21,24). The molecule has 3 aromatic rings. The maximum atomic E-state index is 13.0. The third-order valence-corrected chi connectivity index (χ3v) is 5.41. The maximum absolute atomic E-state index is 13.0. The minimum atomic E-state index is -0.844. The molecule has 1 amide bonds. The molecule has 0 bridgehead atoms. The van der Waals surface area contributed by atoms with Gasteiger partial charge in [-0.3, -0.25) is 9.59 Å². The first-order chi connectivity index (χ1) is 12.5. The number of para-hydroxylation sites is 1. The minimum absolute atomic E-state index is 0.155. The van der Waals surface area contributed by atoms with Crippen molar-refractivity contribution in [1.29, 1.82) is 0 Å². The summed E-state index contributed by atoms with van der Waals surface area (Å²) < 4.78 is 5.70. The third-order valence-electron chi connectivity index (χ3n) is 4.38. The molecule has 0 fully saturated rings. The summed E-state index contributed by atoms with van der Waals surface area (Å²) in [5.74, 6) is -0.706. The lowest BCUT2D eigenvalue weighted by atomic mass is 9.78. The Kier molecular flexibility index (Phi) is 5.32. The first-order valence-corrected chi connectivity index (χ1v) is 9.09. The molecular formula is C20H20N2O3S. The van der Waals surface area contributed by atoms with E-state index in [2.05, 4.69) is 15.0 Å². The summed E-state index contributed by atoms with van der Waals surface area (Å²) in [6.07, 6.45) is 0.448. The van der Waals surface area contributed by atoms with Crippen LogP contribution in [0, 0.1) is 0 Å². The van der Waals surface area contributed by atoms with Crippen molar-refractivity contribution in [3.8, 4) is 0 Å². The highest BCUT2D eigenvalue weighted by atomic mass is 32.1. The second-order valence-electron chi connectivity index (χ2n) is 6.21. The van der Waals surface area contributed by atoms with Crippen molar-refractivity contribution >= 4 is 33.4 Å². The normalized spacial score (nSPS) is 13.2. The molecule has 0 spiro atoms. The summed E-state index contributed by atoms with van der Waals surface area (Å²) in [7, 11) is 1.30. The van der Waals surface area contributed by atoms with Crippen molar-refractivity contribution in [2.45, 2.75) is 18.8 Å². The van der Waals surface area contributed by atoms with E-state index in [1.165, 1.54) is 7.11 Å². The average molecular weight is 368 g/mol. The number of hydrogen-bond donors (Lipinski definition) is 1. The molecule has 1 unspecified atom stereocenters. The van der Waals surface area contributed by atoms with Gasteiger partial charge >= 0.3 is 5.97 Å². The van der Waals surface area contributed by atoms with Crippen LogP contribution in [0.1, 0.15) is 17.5 Å². The van der Waals surface area contributed by atoms with Gasteiger partial charge in [0.15, 0.2) is 0 Å². The molecule has 0 saturated heterocycles. The van der Waals surface area contributed by atoms with Crippen LogP contribution in [-0.2, 0) is 26.2 Å². The first kappa shape index (κ1) is 18.1. The molecule has 5 nitrogen and oxygen atoms in total. The highest BCUT2D eigenvalue weighted by Gasteiger charge is 2.36. The largest absolute Gasteiger partial charge is 0.468 e. The maximum Gasteiger partial charge on any atom is 0.325 e. The molecule has 1 atom stereocenters. The van der Waals surface area contributed by atoms with Crippen LogP contribution in [0.4, 0.5) is 0 Å². The Labute approximate surface area is 156 Å². The van der Waals surface area contributed by atoms with Crippen molar-refractivity contribution in [2.24, 2.45) is 0 Å². The van der Waals surface area contributed by atoms with Gasteiger partial charge < -0.3 is 10.1 Å². The number of methoxy groups -OCH3 is 1. The van der Waals surface area contributed by atoms with Crippen LogP contribution in [0.5, 0.6) is 0 Å². The monoisotopic (exact) mass is 368 g/mol. The van der Waals surface area contributed by atoms with Crippen molar-refractivity contribution in [1.82, 2.24) is 10.3 Å². The Morgan fingerprint density at radius 1 is 1.12 bits per heavy atom. The van der Waals surface area contributed by atoms with Crippen LogP contribution in [0.15, 0.2) is 54.6 Å². The van der Waals surface area contributed by atoms with Crippen LogP contribution in [0.3, 0.4) is 0 Å². The summed E-state index contributed by atoms with van der Waals surface area (Å²) in [5, 5.41) is 3.57. The average Bonchev–Trinajstić information content (AvgIpc) is 3.08. The third kappa shape index (κ3) is 3.75. The first-order valence-electron chi connectivity index (χ1n) is 8.28. The zero-order valence-corrected chi connectivity index (χ0v) is 15.5. The van der Waals surface area contributed by atoms with Crippen LogP contribution >= 0.6 is 11.3 Å². The lowest BCUT2D eigenvalue weighted by Gasteiger charge is -2.28. The number of fused-ring (bicyclic) bond motifs is 1. The Morgan fingerprint density at radius 2 is 1.81 bits per heavy atom. The molecule has 26 heavy (non-hydrogen) atoms. The second-order valence-corrected chi connectivity index (χ2v) is 7.32. The summed E-state index contributed by atoms with van der Waals surface area (Å²) in [6, 6.07) is 17.5. The Morgan fingerprint density at radius 3 is 2.50 bits per heavy atom. The Hall–Kier alpha value is -2.73. The van der Waals surface area contributed by atoms with Gasteiger partial charge in [-0.2, -0.15) is 0 Å². The van der Waals surface area contributed by atoms with Gasteiger partial charge in [-0.1, -0.05) is 42.5 Å². The summed E-state index contributed by atoms with van der Waals surface area (Å²) in [4.78, 5) is 29.0. The van der Waals surface area contributed by atoms with E-state index in [1.807, 2.05) is 61.5 Å². The van der Waals surface area contributed by atoms with Gasteiger partial charge in [-0.15, -0.1) is 11.3 Å². The smallest absolute Gasteiger partial charge is 0.325 e. The molecule has 0 aliphatic rings. The number of ether oxygens (including phenoxy) is 1. The number of nitrogens with one attached hydrogen (secondary N) is 1. The van der Waals surface area contributed by atoms with Crippen molar-refractivity contribution in [3.63, 3.8) is 0 Å². The fourth-order valence-electron chi connectivity index (χ4n) is 2.84. The van der Waals surface area contributed by atoms with E-state index >= 15 is 0 Å². The number of hydrogen-bond acceptors (Lipinski definition) is 5. The summed E-state index contributed by atoms with van der Waals surface area (Å²) >= 11 is 1.58. The van der Waals surface area contributed by atoms with Gasteiger partial charge in [-0.25, -0.2) is 4.98 Å². The van der Waals surface area contributed by atoms with Crippen LogP contribution < -0.4 is 5.32 Å². The van der Waals surface area contributed by atoms with E-state index in [1.54, 1.807) is 11.3 Å². The van der Waals surface area contributed by atoms with Gasteiger partial charge in [-0.05, 0) is 24.6 Å². The fourth-order valence-corrected chi connectivity index (χ4v) is 3.96. The number of nitrogens with zero attached hydrogens (tertiary/aromatic N) is 1. The molecule has 0 aliphatic heterocycles. The molecule has 3 rings (SSSR count). The van der Waals surface area contributed by atoms with E-state index in [0.29, 0.717) is 6.42 Å². The number of esters is 1. The van der Waals surface area contributed by atoms with Crippen LogP contribution in [0.25, 0.3) is 10.2 Å². The number of amides is 1. The lowest BCUT2D eigenvalue weighted by molar-refractivity contribution is -0.141. The molecule has 0 radical (unpaired) electrons. The van der Waals surface area contributed by atoms with Crippen LogP contribution in [-0.4, -0.2) is 30.5 Å². The van der Waals surface area contributed by atoms with Crippen molar-refractivity contribution in [2.75, 3.05) is 13.7 Å². The van der Waals surface area contributed by atoms with Gasteiger partial charge in [0.2, 0.25) is 5.91 Å². The number of thiazole rings is 1. The zero-order valence-electron chi connectivity index (χ0n) is 14.7. The van der Waals surface area contributed by atoms with E-state index in [0.717, 1.165) is 20.8 Å². The number of benzene rings is 2. The molecule has 1 N–H and O–H groups in total. The van der Waals surface area contributed by atoms with E-state index in [-0.39, 0.29) is 12.5 Å². The van der Waals surface area contributed by atoms with Gasteiger partial charge in [0.1, 0.15) is 6.54 Å². The molecule has 1 aromatic heterocycles. The molecule has 6 heteroatoms. The number of rotatable bonds is 6. The highest BCUT2D eigenvalue weighted by molar-refractivity contribution is 7.18. The molecule has 1 heterocycles. The molecule has 0 saturated carbocycles. The Bertz CT molecular complexity index is 890. The van der Waals surface area contributed by atoms with E-state index in [4.69, 9.17) is 0 Å². The predicted molar refractivity (Wildman–Crippen MR) is 102 cm³/mol. The van der Waals surface area contributed by atoms with Crippen LogP contribution in [0.2, 0.25) is 0 Å². The number of carbonyl (C=O) groups is 2. The van der Waals surface area contributed by atoms with Gasteiger partial charge in [0.05, 0.1) is 27.7 Å². The molecular weight excluding hydrogens is 348 g/mol. The number of aromatic nitrogens is 1. The topological polar surface area (TPSA) is 68.3 Å². The summed E-state index contributed by atoms with van der Waals surface area (Å²) in [5.41, 5.74) is 0.961. The Balaban J connectivity index is 1.92. The SMILES string of the molecule is COC(=O)CNC(=O)C(C)(Cc1nc2ccccc2s1)c1ccccc1. The molecule has 0 aliphatic carbocycles. The van der Waals surface area contributed by atoms with Gasteiger partial charge in [0.25, 0.3) is 0 Å². The highest BCUT2D eigenvalue weighted by Crippen LogP contribution is 2.32. The fraction of sp³-hybridized carbons (Fsp3) is 0.250. The van der Waals surface area contributed by atoms with Gasteiger partial charge in [0, 0.05) is 6.42 Å². The molecule has 2 aromatic carbocycles. The predicted octanol–water partition coefficient (Wildman–Crippen LogP) is 3.09. The van der Waals surface area contributed by atoms with E-state index < -0.39 is 11.4 Å². The van der Waals surface area contributed by atoms with E-state index in [9.17, 15) is 9.59 Å². The molecule has 134 valence electrons. The quantitative estimate of drug-likeness (QED) is 0.679. The van der Waals surface area contributed by atoms with Crippen molar-refractivity contribution in [3.05, 3.63) is 65.2 Å². The second kappa shape index (κ2) is 7.66. The lowest BCUT2D eigenvalue weighted by Crippen LogP contribution is -2.45. The van der Waals surface area contributed by atoms with Crippen molar-refractivity contribution < 1.29 is 14.3 Å².